The first-order chi connectivity index (χ1) is 16.3. The fourth-order valence-corrected chi connectivity index (χ4v) is 3.14. The highest BCUT2D eigenvalue weighted by Crippen LogP contribution is 2.22. The molecule has 0 aliphatic carbocycles. The minimum Gasteiger partial charge on any atom is -0.494 e. The van der Waals surface area contributed by atoms with Gasteiger partial charge in [-0.05, 0) is 48.4 Å². The number of amides is 1. The van der Waals surface area contributed by atoms with Gasteiger partial charge in [0, 0.05) is 23.1 Å². The first-order valence-corrected chi connectivity index (χ1v) is 11.3. The molecule has 1 heterocycles. The molecule has 6 N–H and O–H groups in total. The second-order valence-electron chi connectivity index (χ2n) is 6.96. The maximum absolute atomic E-state index is 12.4. The molecule has 0 atom stereocenters. The average molecular weight is 523 g/mol. The number of ether oxygens (including phenoxy) is 1. The van der Waals surface area contributed by atoms with Gasteiger partial charge < -0.3 is 26.8 Å². The lowest BCUT2D eigenvalue weighted by Crippen LogP contribution is -2.34. The van der Waals surface area contributed by atoms with E-state index in [-0.39, 0.29) is 28.4 Å². The van der Waals surface area contributed by atoms with Crippen LogP contribution in [-0.4, -0.2) is 35.0 Å². The number of nitrogens with two attached hydrogens (primary N) is 2. The number of carbonyl (C=O) groups excluding carboxylic acids is 1. The topological polar surface area (TPSA) is 141 Å². The Labute approximate surface area is 211 Å². The second-order valence-corrected chi connectivity index (χ2v) is 8.19. The zero-order valence-electron chi connectivity index (χ0n) is 17.9. The van der Waals surface area contributed by atoms with Crippen LogP contribution < -0.4 is 26.8 Å². The summed E-state index contributed by atoms with van der Waals surface area (Å²) in [6.45, 7) is 1.29. The van der Waals surface area contributed by atoms with Crippen molar-refractivity contribution in [2.45, 2.75) is 13.0 Å². The number of halogens is 3. The van der Waals surface area contributed by atoms with E-state index in [1.165, 1.54) is 0 Å². The van der Waals surface area contributed by atoms with Crippen LogP contribution in [0.25, 0.3) is 0 Å². The van der Waals surface area contributed by atoms with Crippen LogP contribution in [0.4, 0.5) is 11.6 Å². The summed E-state index contributed by atoms with van der Waals surface area (Å²) in [7, 11) is 0. The molecule has 0 saturated carbocycles. The van der Waals surface area contributed by atoms with Crippen molar-refractivity contribution in [1.82, 2.24) is 15.3 Å². The van der Waals surface area contributed by atoms with Gasteiger partial charge in [0.15, 0.2) is 28.4 Å². The Hall–Kier alpha value is -3.27. The van der Waals surface area contributed by atoms with Crippen molar-refractivity contribution in [2.75, 3.05) is 24.2 Å². The van der Waals surface area contributed by atoms with E-state index in [2.05, 4.69) is 25.6 Å². The molecule has 1 amide bonds. The lowest BCUT2D eigenvalue weighted by atomic mass is 10.2. The Morgan fingerprint density at radius 1 is 1.00 bits per heavy atom. The summed E-state index contributed by atoms with van der Waals surface area (Å²) in [5.74, 6) is -0.0297. The SMILES string of the molecule is N/C(=N\C(=O)c1nc(Cl)c(NCc2ccc(Cl)cc2)nc1N)NCCCOc1ccc(Cl)cc1. The third-order valence-corrected chi connectivity index (χ3v) is 5.16. The molecule has 9 nitrogen and oxygen atoms in total. The Morgan fingerprint density at radius 3 is 2.32 bits per heavy atom. The normalized spacial score (nSPS) is 11.2. The van der Waals surface area contributed by atoms with Crippen molar-refractivity contribution in [3.05, 3.63) is 75.0 Å². The van der Waals surface area contributed by atoms with Crippen LogP contribution in [-0.2, 0) is 6.54 Å². The Bertz CT molecular complexity index is 1160. The van der Waals surface area contributed by atoms with Gasteiger partial charge in [0.05, 0.1) is 6.61 Å². The molecule has 0 fully saturated rings. The summed E-state index contributed by atoms with van der Waals surface area (Å²) in [5, 5.41) is 7.10. The number of guanidine groups is 1. The number of hydrogen-bond acceptors (Lipinski definition) is 6. The molecule has 178 valence electrons. The quantitative estimate of drug-likeness (QED) is 0.187. The van der Waals surface area contributed by atoms with Gasteiger partial charge in [-0.3, -0.25) is 4.79 Å². The zero-order valence-corrected chi connectivity index (χ0v) is 20.2. The fraction of sp³-hybridized carbons (Fsp3) is 0.182. The minimum absolute atomic E-state index is 0.0207. The third-order valence-electron chi connectivity index (χ3n) is 4.39. The predicted molar refractivity (Wildman–Crippen MR) is 136 cm³/mol. The number of aliphatic imine (C=N–C) groups is 1. The van der Waals surface area contributed by atoms with Crippen LogP contribution in [0.3, 0.4) is 0 Å². The van der Waals surface area contributed by atoms with E-state index in [1.807, 2.05) is 12.1 Å². The molecule has 3 aromatic rings. The molecule has 0 aliphatic rings. The van der Waals surface area contributed by atoms with Crippen LogP contribution in [0.15, 0.2) is 53.5 Å². The first-order valence-electron chi connectivity index (χ1n) is 10.1. The van der Waals surface area contributed by atoms with Gasteiger partial charge in [-0.1, -0.05) is 46.9 Å². The highest BCUT2D eigenvalue weighted by Gasteiger charge is 2.17. The van der Waals surface area contributed by atoms with Crippen molar-refractivity contribution in [3.8, 4) is 5.75 Å². The zero-order chi connectivity index (χ0) is 24.5. The molecule has 0 saturated heterocycles. The predicted octanol–water partition coefficient (Wildman–Crippen LogP) is 4.14. The van der Waals surface area contributed by atoms with E-state index in [0.29, 0.717) is 41.9 Å². The van der Waals surface area contributed by atoms with Crippen molar-refractivity contribution in [2.24, 2.45) is 10.7 Å². The largest absolute Gasteiger partial charge is 0.494 e. The van der Waals surface area contributed by atoms with E-state index in [1.54, 1.807) is 36.4 Å². The van der Waals surface area contributed by atoms with Crippen LogP contribution in [0.5, 0.6) is 5.75 Å². The molecule has 0 radical (unpaired) electrons. The van der Waals surface area contributed by atoms with Gasteiger partial charge in [0.25, 0.3) is 0 Å². The van der Waals surface area contributed by atoms with E-state index < -0.39 is 5.91 Å². The first kappa shape index (κ1) is 25.4. The van der Waals surface area contributed by atoms with Gasteiger partial charge in [0.1, 0.15) is 5.75 Å². The number of nitrogen functional groups attached to an aromatic ring is 1. The number of benzene rings is 2. The standard InChI is InChI=1S/C22H22Cl3N7O2/c23-14-4-2-13(3-5-14)12-29-20-18(25)30-17(19(26)31-20)21(33)32-22(27)28-10-1-11-34-16-8-6-15(24)7-9-16/h2-9H,1,10-12H2,(H3,26,29,31)(H3,27,28,32,33). The lowest BCUT2D eigenvalue weighted by molar-refractivity contribution is 0.0998. The number of carbonyl (C=O) groups is 1. The number of rotatable bonds is 9. The number of hydrogen-bond donors (Lipinski definition) is 4. The lowest BCUT2D eigenvalue weighted by Gasteiger charge is -2.10. The fourth-order valence-electron chi connectivity index (χ4n) is 2.70. The van der Waals surface area contributed by atoms with E-state index in [4.69, 9.17) is 51.0 Å². The Balaban J connectivity index is 1.49. The maximum Gasteiger partial charge on any atom is 0.302 e. The smallest absolute Gasteiger partial charge is 0.302 e. The Morgan fingerprint density at radius 2 is 1.65 bits per heavy atom. The summed E-state index contributed by atoms with van der Waals surface area (Å²) in [4.78, 5) is 24.3. The van der Waals surface area contributed by atoms with E-state index >= 15 is 0 Å². The number of aromatic nitrogens is 2. The average Bonchev–Trinajstić information content (AvgIpc) is 2.81. The molecule has 0 aliphatic heterocycles. The molecular weight excluding hydrogens is 501 g/mol. The molecular formula is C22H22Cl3N7O2. The number of nitrogens with one attached hydrogen (secondary N) is 2. The van der Waals surface area contributed by atoms with Gasteiger partial charge in [-0.25, -0.2) is 9.97 Å². The molecule has 1 aromatic heterocycles. The van der Waals surface area contributed by atoms with Crippen molar-refractivity contribution < 1.29 is 9.53 Å². The van der Waals surface area contributed by atoms with Crippen LogP contribution in [0, 0.1) is 0 Å². The summed E-state index contributed by atoms with van der Waals surface area (Å²) in [6.07, 6.45) is 0.620. The molecule has 0 bridgehead atoms. The summed E-state index contributed by atoms with van der Waals surface area (Å²) < 4.78 is 5.58. The highest BCUT2D eigenvalue weighted by molar-refractivity contribution is 6.32. The second kappa shape index (κ2) is 12.3. The van der Waals surface area contributed by atoms with E-state index in [9.17, 15) is 4.79 Å². The third kappa shape index (κ3) is 7.65. The molecule has 2 aromatic carbocycles. The molecule has 12 heteroatoms. The molecule has 0 unspecified atom stereocenters. The van der Waals surface area contributed by atoms with Crippen molar-refractivity contribution in [3.63, 3.8) is 0 Å². The van der Waals surface area contributed by atoms with Crippen LogP contribution >= 0.6 is 34.8 Å². The van der Waals surface area contributed by atoms with E-state index in [0.717, 1.165) is 5.56 Å². The Kier molecular flexibility index (Phi) is 9.15. The minimum atomic E-state index is -0.765. The molecule has 34 heavy (non-hydrogen) atoms. The summed E-state index contributed by atoms with van der Waals surface area (Å²) in [6, 6.07) is 14.3. The molecule has 0 spiro atoms. The monoisotopic (exact) mass is 521 g/mol. The maximum atomic E-state index is 12.4. The van der Waals surface area contributed by atoms with Gasteiger partial charge >= 0.3 is 5.91 Å². The number of anilines is 2. The van der Waals surface area contributed by atoms with Gasteiger partial charge in [0.2, 0.25) is 0 Å². The van der Waals surface area contributed by atoms with Gasteiger partial charge in [-0.15, -0.1) is 0 Å². The number of nitrogens with zero attached hydrogens (tertiary/aromatic N) is 3. The molecule has 3 rings (SSSR count). The van der Waals surface area contributed by atoms with Crippen molar-refractivity contribution in [1.29, 1.82) is 0 Å². The van der Waals surface area contributed by atoms with Gasteiger partial charge in [-0.2, -0.15) is 4.99 Å². The highest BCUT2D eigenvalue weighted by atomic mass is 35.5. The van der Waals surface area contributed by atoms with Crippen molar-refractivity contribution >= 4 is 58.3 Å². The summed E-state index contributed by atoms with van der Waals surface area (Å²) in [5.41, 5.74) is 12.4. The van der Waals surface area contributed by atoms with Crippen LogP contribution in [0.1, 0.15) is 22.5 Å². The summed E-state index contributed by atoms with van der Waals surface area (Å²) >= 11 is 17.9. The van der Waals surface area contributed by atoms with Crippen LogP contribution in [0.2, 0.25) is 15.2 Å².